The molecule has 0 spiro atoms. The van der Waals surface area contributed by atoms with Crippen molar-refractivity contribution in [2.45, 2.75) is 38.4 Å². The van der Waals surface area contributed by atoms with Gasteiger partial charge in [-0.25, -0.2) is 4.99 Å². The molecule has 1 atom stereocenters. The van der Waals surface area contributed by atoms with Crippen LogP contribution < -0.4 is 5.32 Å². The maximum absolute atomic E-state index is 12.1. The van der Waals surface area contributed by atoms with E-state index >= 15 is 0 Å². The van der Waals surface area contributed by atoms with E-state index < -0.39 is 0 Å². The summed E-state index contributed by atoms with van der Waals surface area (Å²) in [4.78, 5) is 21.0. The van der Waals surface area contributed by atoms with Gasteiger partial charge >= 0.3 is 0 Å². The third kappa shape index (κ3) is 5.79. The van der Waals surface area contributed by atoms with Crippen LogP contribution in [0.2, 0.25) is 0 Å². The first-order chi connectivity index (χ1) is 10.2. The average Bonchev–Trinajstić information content (AvgIpc) is 3.05. The van der Waals surface area contributed by atoms with Crippen molar-refractivity contribution >= 4 is 47.6 Å². The molecule has 0 aromatic rings. The molecule has 2 aliphatic heterocycles. The largest absolute Gasteiger partial charge is 0.357 e. The molecule has 2 fully saturated rings. The van der Waals surface area contributed by atoms with E-state index in [4.69, 9.17) is 0 Å². The molecule has 2 heterocycles. The van der Waals surface area contributed by atoms with E-state index in [1.54, 1.807) is 0 Å². The number of aliphatic imine (C=N–C) groups is 1. The molecule has 0 saturated carbocycles. The number of likely N-dealkylation sites (tertiary alicyclic amines) is 1. The highest BCUT2D eigenvalue weighted by Crippen LogP contribution is 2.21. The number of nitrogens with one attached hydrogen (secondary N) is 1. The number of nitrogens with zero attached hydrogens (tertiary/aromatic N) is 3. The van der Waals surface area contributed by atoms with Crippen molar-refractivity contribution in [3.63, 3.8) is 0 Å². The summed E-state index contributed by atoms with van der Waals surface area (Å²) in [6.07, 6.45) is 3.46. The lowest BCUT2D eigenvalue weighted by atomic mass is 10.3. The predicted molar refractivity (Wildman–Crippen MR) is 105 cm³/mol. The molecule has 0 bridgehead atoms. The lowest BCUT2D eigenvalue weighted by molar-refractivity contribution is -0.128. The van der Waals surface area contributed by atoms with E-state index in [1.807, 2.05) is 16.7 Å². The van der Waals surface area contributed by atoms with Gasteiger partial charge < -0.3 is 15.1 Å². The topological polar surface area (TPSA) is 47.9 Å². The van der Waals surface area contributed by atoms with Gasteiger partial charge in [-0.2, -0.15) is 11.8 Å². The minimum atomic E-state index is 0. The third-order valence-corrected chi connectivity index (χ3v) is 5.42. The summed E-state index contributed by atoms with van der Waals surface area (Å²) in [6, 6.07) is 0. The number of amides is 1. The number of carbonyl (C=O) groups excluding carboxylic acids is 1. The van der Waals surface area contributed by atoms with Crippen LogP contribution in [0.3, 0.4) is 0 Å². The van der Waals surface area contributed by atoms with Crippen molar-refractivity contribution in [1.29, 1.82) is 0 Å². The number of hydrogen-bond acceptors (Lipinski definition) is 3. The Hall–Kier alpha value is -0.180. The van der Waals surface area contributed by atoms with Gasteiger partial charge in [-0.1, -0.05) is 6.92 Å². The van der Waals surface area contributed by atoms with Crippen LogP contribution in [0.5, 0.6) is 0 Å². The van der Waals surface area contributed by atoms with Crippen molar-refractivity contribution in [3.8, 4) is 0 Å². The van der Waals surface area contributed by atoms with Gasteiger partial charge in [0, 0.05) is 43.7 Å². The molecule has 7 heteroatoms. The Bertz CT molecular complexity index is 375. The van der Waals surface area contributed by atoms with Gasteiger partial charge in [0.2, 0.25) is 5.91 Å². The van der Waals surface area contributed by atoms with Crippen molar-refractivity contribution < 1.29 is 4.79 Å². The zero-order chi connectivity index (χ0) is 15.1. The average molecular weight is 440 g/mol. The summed E-state index contributed by atoms with van der Waals surface area (Å²) in [7, 11) is 0. The smallest absolute Gasteiger partial charge is 0.244 e. The predicted octanol–water partition coefficient (Wildman–Crippen LogP) is 2.02. The maximum Gasteiger partial charge on any atom is 0.244 e. The van der Waals surface area contributed by atoms with Crippen LogP contribution in [0, 0.1) is 0 Å². The zero-order valence-electron chi connectivity index (χ0n) is 13.7. The quantitative estimate of drug-likeness (QED) is 0.413. The molecule has 1 amide bonds. The van der Waals surface area contributed by atoms with E-state index in [2.05, 4.69) is 29.1 Å². The summed E-state index contributed by atoms with van der Waals surface area (Å²) < 4.78 is 0. The highest BCUT2D eigenvalue weighted by molar-refractivity contribution is 14.0. The normalized spacial score (nSPS) is 22.5. The van der Waals surface area contributed by atoms with Gasteiger partial charge in [0.25, 0.3) is 0 Å². The van der Waals surface area contributed by atoms with E-state index in [-0.39, 0.29) is 36.4 Å². The van der Waals surface area contributed by atoms with Crippen LogP contribution in [0.25, 0.3) is 0 Å². The van der Waals surface area contributed by atoms with E-state index in [0.29, 0.717) is 5.25 Å². The van der Waals surface area contributed by atoms with E-state index in [0.717, 1.165) is 57.3 Å². The molecule has 128 valence electrons. The van der Waals surface area contributed by atoms with Crippen LogP contribution >= 0.6 is 35.7 Å². The Kier molecular flexibility index (Phi) is 9.54. The summed E-state index contributed by atoms with van der Waals surface area (Å²) in [6.45, 7) is 9.30. The summed E-state index contributed by atoms with van der Waals surface area (Å²) in [5, 5.41) is 4.02. The standard InChI is InChI=1S/C15H28N4OS.HI/c1-3-13-12-19(9-10-21-13)15(16-4-2)17-11-14(20)18-7-5-6-8-18;/h13H,3-12H2,1-2H3,(H,16,17);1H. The van der Waals surface area contributed by atoms with Crippen LogP contribution in [0.4, 0.5) is 0 Å². The summed E-state index contributed by atoms with van der Waals surface area (Å²) in [5.41, 5.74) is 0. The Balaban J connectivity index is 0.00000242. The van der Waals surface area contributed by atoms with Crippen LogP contribution in [0.1, 0.15) is 33.1 Å². The van der Waals surface area contributed by atoms with E-state index in [9.17, 15) is 4.79 Å². The number of thioether (sulfide) groups is 1. The van der Waals surface area contributed by atoms with Crippen LogP contribution in [-0.4, -0.2) is 71.9 Å². The molecule has 1 unspecified atom stereocenters. The van der Waals surface area contributed by atoms with E-state index in [1.165, 1.54) is 6.42 Å². The lowest BCUT2D eigenvalue weighted by Gasteiger charge is -2.34. The van der Waals surface area contributed by atoms with Crippen molar-refractivity contribution in [3.05, 3.63) is 0 Å². The molecule has 22 heavy (non-hydrogen) atoms. The summed E-state index contributed by atoms with van der Waals surface area (Å²) >= 11 is 2.05. The molecule has 2 saturated heterocycles. The molecule has 0 aromatic carbocycles. The number of rotatable bonds is 4. The Morgan fingerprint density at radius 3 is 2.59 bits per heavy atom. The monoisotopic (exact) mass is 440 g/mol. The second-order valence-electron chi connectivity index (χ2n) is 5.61. The first kappa shape index (κ1) is 19.9. The van der Waals surface area contributed by atoms with Gasteiger partial charge in [0.1, 0.15) is 6.54 Å². The molecular formula is C15H29IN4OS. The maximum atomic E-state index is 12.1. The van der Waals surface area contributed by atoms with Crippen molar-refractivity contribution in [2.75, 3.05) is 45.0 Å². The fourth-order valence-electron chi connectivity index (χ4n) is 2.79. The van der Waals surface area contributed by atoms with Crippen molar-refractivity contribution in [1.82, 2.24) is 15.1 Å². The fraction of sp³-hybridized carbons (Fsp3) is 0.867. The number of hydrogen-bond donors (Lipinski definition) is 1. The molecule has 1 N–H and O–H groups in total. The first-order valence-electron chi connectivity index (χ1n) is 8.17. The first-order valence-corrected chi connectivity index (χ1v) is 9.22. The second-order valence-corrected chi connectivity index (χ2v) is 7.01. The Morgan fingerprint density at radius 2 is 1.95 bits per heavy atom. The number of halogens is 1. The fourth-order valence-corrected chi connectivity index (χ4v) is 3.97. The Labute approximate surface area is 155 Å². The SMILES string of the molecule is CCNC(=NCC(=O)N1CCCC1)N1CCSC(CC)C1.I. The summed E-state index contributed by atoms with van der Waals surface area (Å²) in [5.74, 6) is 2.22. The van der Waals surface area contributed by atoms with Crippen LogP contribution in [-0.2, 0) is 4.79 Å². The molecular weight excluding hydrogens is 411 g/mol. The zero-order valence-corrected chi connectivity index (χ0v) is 16.9. The van der Waals surface area contributed by atoms with Gasteiger partial charge in [-0.3, -0.25) is 4.79 Å². The molecule has 5 nitrogen and oxygen atoms in total. The van der Waals surface area contributed by atoms with Crippen LogP contribution in [0.15, 0.2) is 4.99 Å². The minimum Gasteiger partial charge on any atom is -0.357 e. The molecule has 2 aliphatic rings. The lowest BCUT2D eigenvalue weighted by Crippen LogP contribution is -2.48. The Morgan fingerprint density at radius 1 is 1.23 bits per heavy atom. The molecule has 2 rings (SSSR count). The minimum absolute atomic E-state index is 0. The second kappa shape index (κ2) is 10.6. The highest BCUT2D eigenvalue weighted by Gasteiger charge is 2.22. The molecule has 0 aromatic heterocycles. The number of guanidine groups is 1. The third-order valence-electron chi connectivity index (χ3n) is 4.05. The van der Waals surface area contributed by atoms with Crippen molar-refractivity contribution in [2.24, 2.45) is 4.99 Å². The van der Waals surface area contributed by atoms with Gasteiger partial charge in [-0.15, -0.1) is 24.0 Å². The van der Waals surface area contributed by atoms with Gasteiger partial charge in [-0.05, 0) is 26.2 Å². The number of carbonyl (C=O) groups is 1. The molecule has 0 radical (unpaired) electrons. The van der Waals surface area contributed by atoms with Gasteiger partial charge in [0.15, 0.2) is 5.96 Å². The molecule has 0 aliphatic carbocycles. The highest BCUT2D eigenvalue weighted by atomic mass is 127. The van der Waals surface area contributed by atoms with Gasteiger partial charge in [0.05, 0.1) is 0 Å².